The molecule has 3 heterocycles. The van der Waals surface area contributed by atoms with Crippen molar-refractivity contribution in [2.24, 2.45) is 7.05 Å². The smallest absolute Gasteiger partial charge is 0.226 e. The molecule has 110 valence electrons. The fraction of sp³-hybridized carbons (Fsp3) is 0.188. The highest BCUT2D eigenvalue weighted by Crippen LogP contribution is 2.39. The number of benzene rings is 1. The highest BCUT2D eigenvalue weighted by Gasteiger charge is 2.31. The number of nitrogens with one attached hydrogen (secondary N) is 2. The predicted octanol–water partition coefficient (Wildman–Crippen LogP) is 2.28. The molecular formula is C16H15N5O. The van der Waals surface area contributed by atoms with Gasteiger partial charge in [0, 0.05) is 30.5 Å². The van der Waals surface area contributed by atoms with Crippen LogP contribution in [-0.2, 0) is 11.8 Å². The minimum absolute atomic E-state index is 0.00121. The lowest BCUT2D eigenvalue weighted by Crippen LogP contribution is -2.24. The number of aromatic amines is 1. The molecule has 1 aromatic carbocycles. The van der Waals surface area contributed by atoms with E-state index in [0.29, 0.717) is 6.42 Å². The molecule has 1 aliphatic rings. The molecule has 1 aliphatic heterocycles. The molecule has 0 aliphatic carbocycles. The molecule has 2 aromatic heterocycles. The minimum atomic E-state index is -0.0357. The predicted molar refractivity (Wildman–Crippen MR) is 82.3 cm³/mol. The molecule has 0 unspecified atom stereocenters. The molecule has 6 heteroatoms. The molecular weight excluding hydrogens is 278 g/mol. The average molecular weight is 293 g/mol. The van der Waals surface area contributed by atoms with Crippen molar-refractivity contribution < 1.29 is 4.79 Å². The molecule has 1 atom stereocenters. The quantitative estimate of drug-likeness (QED) is 0.761. The summed E-state index contributed by atoms with van der Waals surface area (Å²) in [5.74, 6) is 0.731. The van der Waals surface area contributed by atoms with E-state index in [1.165, 1.54) is 0 Å². The van der Waals surface area contributed by atoms with Gasteiger partial charge < -0.3 is 5.32 Å². The van der Waals surface area contributed by atoms with Gasteiger partial charge in [0.15, 0.2) is 0 Å². The molecule has 0 saturated carbocycles. The maximum Gasteiger partial charge on any atom is 0.226 e. The molecule has 3 aromatic rings. The Balaban J connectivity index is 1.84. The summed E-state index contributed by atoms with van der Waals surface area (Å²) in [6, 6.07) is 10.0. The summed E-state index contributed by atoms with van der Waals surface area (Å²) in [5, 5.41) is 14.4. The van der Waals surface area contributed by atoms with Gasteiger partial charge >= 0.3 is 0 Å². The van der Waals surface area contributed by atoms with Crippen molar-refractivity contribution in [1.82, 2.24) is 20.0 Å². The summed E-state index contributed by atoms with van der Waals surface area (Å²) in [5.41, 5.74) is 4.07. The zero-order valence-electron chi connectivity index (χ0n) is 12.1. The second kappa shape index (κ2) is 4.84. The fourth-order valence-electron chi connectivity index (χ4n) is 3.01. The number of carbonyl (C=O) groups excluding carboxylic acids is 1. The first-order chi connectivity index (χ1) is 10.7. The minimum Gasteiger partial charge on any atom is -0.311 e. The van der Waals surface area contributed by atoms with E-state index in [1.807, 2.05) is 49.8 Å². The van der Waals surface area contributed by atoms with Crippen LogP contribution in [-0.4, -0.2) is 25.9 Å². The van der Waals surface area contributed by atoms with Crippen molar-refractivity contribution in [3.05, 3.63) is 53.9 Å². The van der Waals surface area contributed by atoms with Crippen LogP contribution in [0.3, 0.4) is 0 Å². The monoisotopic (exact) mass is 293 g/mol. The van der Waals surface area contributed by atoms with Crippen LogP contribution >= 0.6 is 0 Å². The van der Waals surface area contributed by atoms with Gasteiger partial charge in [-0.3, -0.25) is 14.6 Å². The van der Waals surface area contributed by atoms with Crippen LogP contribution < -0.4 is 5.32 Å². The molecule has 0 spiro atoms. The standard InChI is InChI=1S/C16H15N5O/c1-21-16-13(9-18-21)11(7-14(22)19-16)12-8-17-20-15(12)10-5-3-2-4-6-10/h2-6,8-9,11H,7H2,1H3,(H,17,20)(H,19,22)/t11-/m0/s1. The highest BCUT2D eigenvalue weighted by atomic mass is 16.1. The summed E-state index contributed by atoms with van der Waals surface area (Å²) < 4.78 is 1.70. The first kappa shape index (κ1) is 12.8. The Bertz CT molecular complexity index is 833. The van der Waals surface area contributed by atoms with E-state index < -0.39 is 0 Å². The van der Waals surface area contributed by atoms with Gasteiger partial charge in [-0.15, -0.1) is 0 Å². The van der Waals surface area contributed by atoms with Crippen LogP contribution in [0.1, 0.15) is 23.5 Å². The van der Waals surface area contributed by atoms with E-state index in [2.05, 4.69) is 20.6 Å². The lowest BCUT2D eigenvalue weighted by Gasteiger charge is -2.23. The molecule has 0 bridgehead atoms. The first-order valence-electron chi connectivity index (χ1n) is 7.14. The first-order valence-corrected chi connectivity index (χ1v) is 7.14. The largest absolute Gasteiger partial charge is 0.311 e. The summed E-state index contributed by atoms with van der Waals surface area (Å²) >= 11 is 0. The molecule has 6 nitrogen and oxygen atoms in total. The van der Waals surface area contributed by atoms with Crippen LogP contribution in [0.5, 0.6) is 0 Å². The summed E-state index contributed by atoms with van der Waals surface area (Å²) in [6.45, 7) is 0. The zero-order chi connectivity index (χ0) is 15.1. The second-order valence-corrected chi connectivity index (χ2v) is 5.44. The zero-order valence-corrected chi connectivity index (χ0v) is 12.1. The number of hydrogen-bond donors (Lipinski definition) is 2. The van der Waals surface area contributed by atoms with E-state index >= 15 is 0 Å². The molecule has 2 N–H and O–H groups in total. The van der Waals surface area contributed by atoms with Gasteiger partial charge in [0.1, 0.15) is 5.82 Å². The van der Waals surface area contributed by atoms with Gasteiger partial charge in [-0.2, -0.15) is 10.2 Å². The SMILES string of the molecule is Cn1ncc2c1NC(=O)C[C@H]2c1cn[nH]c1-c1ccccc1. The van der Waals surface area contributed by atoms with Gasteiger partial charge in [-0.1, -0.05) is 30.3 Å². The molecule has 0 radical (unpaired) electrons. The topological polar surface area (TPSA) is 75.6 Å². The van der Waals surface area contributed by atoms with E-state index in [1.54, 1.807) is 4.68 Å². The molecule has 22 heavy (non-hydrogen) atoms. The molecule has 0 fully saturated rings. The van der Waals surface area contributed by atoms with E-state index in [-0.39, 0.29) is 11.8 Å². The van der Waals surface area contributed by atoms with Gasteiger partial charge in [0.05, 0.1) is 18.1 Å². The van der Waals surface area contributed by atoms with E-state index in [0.717, 1.165) is 28.2 Å². The third kappa shape index (κ3) is 1.92. The van der Waals surface area contributed by atoms with Crippen LogP contribution in [0, 0.1) is 0 Å². The number of aromatic nitrogens is 4. The van der Waals surface area contributed by atoms with Crippen molar-refractivity contribution in [1.29, 1.82) is 0 Å². The number of rotatable bonds is 2. The lowest BCUT2D eigenvalue weighted by atomic mass is 9.86. The van der Waals surface area contributed by atoms with Crippen molar-refractivity contribution in [2.75, 3.05) is 5.32 Å². The van der Waals surface area contributed by atoms with E-state index in [9.17, 15) is 4.79 Å². The molecule has 4 rings (SSSR count). The van der Waals surface area contributed by atoms with Crippen LogP contribution in [0.25, 0.3) is 11.3 Å². The maximum atomic E-state index is 12.0. The van der Waals surface area contributed by atoms with E-state index in [4.69, 9.17) is 0 Å². The Hall–Kier alpha value is -2.89. The number of fused-ring (bicyclic) bond motifs is 1. The Labute approximate surface area is 127 Å². The number of anilines is 1. The number of hydrogen-bond acceptors (Lipinski definition) is 3. The summed E-state index contributed by atoms with van der Waals surface area (Å²) in [7, 11) is 1.83. The average Bonchev–Trinajstić information content (AvgIpc) is 3.15. The van der Waals surface area contributed by atoms with Crippen LogP contribution in [0.2, 0.25) is 0 Å². The third-order valence-electron chi connectivity index (χ3n) is 4.10. The summed E-state index contributed by atoms with van der Waals surface area (Å²) in [6.07, 6.45) is 4.03. The van der Waals surface area contributed by atoms with Gasteiger partial charge in [-0.25, -0.2) is 0 Å². The number of amides is 1. The molecule has 1 amide bonds. The number of carbonyl (C=O) groups is 1. The van der Waals surface area contributed by atoms with Crippen LogP contribution in [0.15, 0.2) is 42.7 Å². The number of aryl methyl sites for hydroxylation is 1. The van der Waals surface area contributed by atoms with Crippen molar-refractivity contribution in [3.8, 4) is 11.3 Å². The normalized spacial score (nSPS) is 17.1. The number of nitrogens with zero attached hydrogens (tertiary/aromatic N) is 3. The Morgan fingerprint density at radius 2 is 2.00 bits per heavy atom. The van der Waals surface area contributed by atoms with Gasteiger partial charge in [0.2, 0.25) is 5.91 Å². The third-order valence-corrected chi connectivity index (χ3v) is 4.10. The lowest BCUT2D eigenvalue weighted by molar-refractivity contribution is -0.116. The Morgan fingerprint density at radius 1 is 1.18 bits per heavy atom. The number of H-pyrrole nitrogens is 1. The van der Waals surface area contributed by atoms with Crippen LogP contribution in [0.4, 0.5) is 5.82 Å². The molecule has 0 saturated heterocycles. The Kier molecular flexibility index (Phi) is 2.82. The second-order valence-electron chi connectivity index (χ2n) is 5.44. The van der Waals surface area contributed by atoms with Crippen molar-refractivity contribution >= 4 is 11.7 Å². The fourth-order valence-corrected chi connectivity index (χ4v) is 3.01. The van der Waals surface area contributed by atoms with Crippen molar-refractivity contribution in [2.45, 2.75) is 12.3 Å². The van der Waals surface area contributed by atoms with Gasteiger partial charge in [-0.05, 0) is 5.56 Å². The van der Waals surface area contributed by atoms with Crippen molar-refractivity contribution in [3.63, 3.8) is 0 Å². The Morgan fingerprint density at radius 3 is 2.82 bits per heavy atom. The van der Waals surface area contributed by atoms with Gasteiger partial charge in [0.25, 0.3) is 0 Å². The maximum absolute atomic E-state index is 12.0. The summed E-state index contributed by atoms with van der Waals surface area (Å²) in [4.78, 5) is 12.0. The highest BCUT2D eigenvalue weighted by molar-refractivity contribution is 5.94.